The van der Waals surface area contributed by atoms with Crippen LogP contribution >= 0.6 is 11.6 Å². The normalized spacial score (nSPS) is 40.4. The van der Waals surface area contributed by atoms with Crippen molar-refractivity contribution in [2.45, 2.75) is 29.5 Å². The molecule has 16 heavy (non-hydrogen) atoms. The molecule has 2 saturated heterocycles. The van der Waals surface area contributed by atoms with E-state index in [4.69, 9.17) is 16.7 Å². The molecule has 2 rings (SSSR count). The second-order valence-corrected chi connectivity index (χ2v) is 7.03. The Morgan fingerprint density at radius 3 is 2.62 bits per heavy atom. The van der Waals surface area contributed by atoms with Gasteiger partial charge in [0.05, 0.1) is 6.42 Å². The number of β-lactam (4-membered cyclic amide) rings is 1. The molecule has 0 bridgehead atoms. The molecule has 0 saturated carbocycles. The van der Waals surface area contributed by atoms with Crippen molar-refractivity contribution in [2.75, 3.05) is 5.88 Å². The summed E-state index contributed by atoms with van der Waals surface area (Å²) in [6.45, 7) is 1.28. The molecule has 0 aromatic rings. The number of fused-ring (bicyclic) bond motifs is 1. The van der Waals surface area contributed by atoms with Gasteiger partial charge < -0.3 is 10.0 Å². The van der Waals surface area contributed by atoms with E-state index in [1.807, 2.05) is 0 Å². The molecule has 3 atom stereocenters. The Balaban J connectivity index is 2.59. The first-order valence-electron chi connectivity index (χ1n) is 4.60. The average Bonchev–Trinajstić information content (AvgIpc) is 2.32. The van der Waals surface area contributed by atoms with Gasteiger partial charge in [0.2, 0.25) is 5.91 Å². The standard InChI is InChI=1S/C8H10ClNO5S/c1-8(3-9)6(7(12)13)10-4(11)2-5(10)16(8,14)15/h5-6H,2-3H2,1H3,(H,12,13)/t5-,6-,8-/m0/s1. The molecule has 1 amide bonds. The van der Waals surface area contributed by atoms with Crippen LogP contribution in [0.3, 0.4) is 0 Å². The van der Waals surface area contributed by atoms with Crippen LogP contribution < -0.4 is 0 Å². The first-order chi connectivity index (χ1) is 7.27. The molecule has 8 heteroatoms. The third-order valence-corrected chi connectivity index (χ3v) is 6.80. The summed E-state index contributed by atoms with van der Waals surface area (Å²) < 4.78 is 22.5. The lowest BCUT2D eigenvalue weighted by Gasteiger charge is -2.35. The molecule has 0 aromatic heterocycles. The van der Waals surface area contributed by atoms with Gasteiger partial charge in [0.25, 0.3) is 0 Å². The molecule has 2 aliphatic heterocycles. The molecular weight excluding hydrogens is 258 g/mol. The van der Waals surface area contributed by atoms with E-state index in [1.54, 1.807) is 0 Å². The van der Waals surface area contributed by atoms with E-state index in [-0.39, 0.29) is 12.3 Å². The first kappa shape index (κ1) is 11.7. The van der Waals surface area contributed by atoms with Crippen LogP contribution in [0.5, 0.6) is 0 Å². The molecule has 0 radical (unpaired) electrons. The van der Waals surface area contributed by atoms with Crippen molar-refractivity contribution in [1.29, 1.82) is 0 Å². The van der Waals surface area contributed by atoms with E-state index in [1.165, 1.54) is 6.92 Å². The van der Waals surface area contributed by atoms with E-state index in [0.29, 0.717) is 0 Å². The third-order valence-electron chi connectivity index (χ3n) is 3.31. The molecule has 2 heterocycles. The number of carbonyl (C=O) groups excluding carboxylic acids is 1. The fourth-order valence-electron chi connectivity index (χ4n) is 2.26. The maximum atomic E-state index is 12.0. The molecule has 0 spiro atoms. The number of hydrogen-bond donors (Lipinski definition) is 1. The number of nitrogens with zero attached hydrogens (tertiary/aromatic N) is 1. The van der Waals surface area contributed by atoms with Gasteiger partial charge in [0, 0.05) is 5.88 Å². The SMILES string of the molecule is C[C@]1(CCl)[C@H](C(=O)O)N2C(=O)C[C@@H]2S1(=O)=O. The maximum Gasteiger partial charge on any atom is 0.328 e. The Bertz CT molecular complexity index is 475. The van der Waals surface area contributed by atoms with E-state index in [9.17, 15) is 18.0 Å². The Morgan fingerprint density at radius 2 is 2.25 bits per heavy atom. The quantitative estimate of drug-likeness (QED) is 0.534. The van der Waals surface area contributed by atoms with Gasteiger partial charge in [0.15, 0.2) is 15.9 Å². The Hall–Kier alpha value is -0.820. The second-order valence-electron chi connectivity index (χ2n) is 4.19. The topological polar surface area (TPSA) is 91.8 Å². The summed E-state index contributed by atoms with van der Waals surface area (Å²) in [7, 11) is -3.71. The molecular formula is C8H10ClNO5S. The zero-order valence-electron chi connectivity index (χ0n) is 8.38. The van der Waals surface area contributed by atoms with Crippen LogP contribution in [-0.4, -0.2) is 52.3 Å². The molecule has 90 valence electrons. The lowest BCUT2D eigenvalue weighted by atomic mass is 9.98. The lowest BCUT2D eigenvalue weighted by Crippen LogP contribution is -2.57. The van der Waals surface area contributed by atoms with Crippen molar-refractivity contribution in [3.63, 3.8) is 0 Å². The summed E-state index contributed by atoms with van der Waals surface area (Å²) in [5, 5.41) is 8.03. The molecule has 1 N–H and O–H groups in total. The van der Waals surface area contributed by atoms with Crippen molar-refractivity contribution in [3.05, 3.63) is 0 Å². The first-order valence-corrected chi connectivity index (χ1v) is 6.69. The van der Waals surface area contributed by atoms with Crippen LogP contribution in [0, 0.1) is 0 Å². The number of sulfone groups is 1. The number of carbonyl (C=O) groups is 2. The number of rotatable bonds is 2. The number of alkyl halides is 1. The minimum absolute atomic E-state index is 0.140. The summed E-state index contributed by atoms with van der Waals surface area (Å²) in [6, 6.07) is -1.37. The van der Waals surface area contributed by atoms with Crippen LogP contribution in [0.4, 0.5) is 0 Å². The third kappa shape index (κ3) is 1.05. The minimum Gasteiger partial charge on any atom is -0.480 e. The molecule has 0 unspecified atom stereocenters. The van der Waals surface area contributed by atoms with Crippen LogP contribution in [0.25, 0.3) is 0 Å². The van der Waals surface area contributed by atoms with Crippen LogP contribution in [-0.2, 0) is 19.4 Å². The zero-order chi connectivity index (χ0) is 12.3. The van der Waals surface area contributed by atoms with Gasteiger partial charge in [-0.25, -0.2) is 13.2 Å². The highest BCUT2D eigenvalue weighted by Crippen LogP contribution is 2.46. The number of hydrogen-bond acceptors (Lipinski definition) is 4. The number of amides is 1. The fraction of sp³-hybridized carbons (Fsp3) is 0.750. The summed E-state index contributed by atoms with van der Waals surface area (Å²) in [6.07, 6.45) is -0.140. The smallest absolute Gasteiger partial charge is 0.328 e. The largest absolute Gasteiger partial charge is 0.480 e. The average molecular weight is 268 g/mol. The van der Waals surface area contributed by atoms with Gasteiger partial charge >= 0.3 is 5.97 Å². The van der Waals surface area contributed by atoms with Gasteiger partial charge in [-0.1, -0.05) is 0 Å². The highest BCUT2D eigenvalue weighted by molar-refractivity contribution is 7.94. The van der Waals surface area contributed by atoms with Gasteiger partial charge in [0.1, 0.15) is 10.1 Å². The molecule has 6 nitrogen and oxygen atoms in total. The Kier molecular flexibility index (Phi) is 2.26. The highest BCUT2D eigenvalue weighted by Gasteiger charge is 2.69. The minimum atomic E-state index is -3.71. The van der Waals surface area contributed by atoms with Crippen molar-refractivity contribution < 1.29 is 23.1 Å². The van der Waals surface area contributed by atoms with Crippen molar-refractivity contribution >= 4 is 33.3 Å². The summed E-state index contributed by atoms with van der Waals surface area (Å²) in [4.78, 5) is 23.3. The highest BCUT2D eigenvalue weighted by atomic mass is 35.5. The molecule has 0 aliphatic carbocycles. The van der Waals surface area contributed by atoms with Crippen LogP contribution in [0.1, 0.15) is 13.3 Å². The monoisotopic (exact) mass is 267 g/mol. The number of halogens is 1. The summed E-state index contributed by atoms with van der Waals surface area (Å²) in [5.74, 6) is -2.12. The van der Waals surface area contributed by atoms with E-state index in [2.05, 4.69) is 0 Å². The van der Waals surface area contributed by atoms with Crippen LogP contribution in [0.15, 0.2) is 0 Å². The Morgan fingerprint density at radius 1 is 1.69 bits per heavy atom. The number of aliphatic carboxylic acids is 1. The molecule has 2 fully saturated rings. The van der Waals surface area contributed by atoms with Gasteiger partial charge in [-0.2, -0.15) is 0 Å². The van der Waals surface area contributed by atoms with E-state index < -0.39 is 37.9 Å². The molecule has 2 aliphatic rings. The summed E-state index contributed by atoms with van der Waals surface area (Å²) in [5.41, 5.74) is 0. The van der Waals surface area contributed by atoms with E-state index in [0.717, 1.165) is 4.90 Å². The maximum absolute atomic E-state index is 12.0. The van der Waals surface area contributed by atoms with Crippen molar-refractivity contribution in [1.82, 2.24) is 4.90 Å². The second kappa shape index (κ2) is 3.10. The van der Waals surface area contributed by atoms with Crippen molar-refractivity contribution in [3.8, 4) is 0 Å². The predicted octanol–water partition coefficient (Wildman–Crippen LogP) is -0.576. The van der Waals surface area contributed by atoms with Gasteiger partial charge in [-0.3, -0.25) is 4.79 Å². The summed E-state index contributed by atoms with van der Waals surface area (Å²) >= 11 is 5.60. The van der Waals surface area contributed by atoms with Crippen molar-refractivity contribution in [2.24, 2.45) is 0 Å². The fourth-order valence-corrected chi connectivity index (χ4v) is 5.06. The number of carboxylic acids is 1. The lowest BCUT2D eigenvalue weighted by molar-refractivity contribution is -0.157. The van der Waals surface area contributed by atoms with Gasteiger partial charge in [-0.05, 0) is 6.92 Å². The zero-order valence-corrected chi connectivity index (χ0v) is 9.95. The van der Waals surface area contributed by atoms with Gasteiger partial charge in [-0.15, -0.1) is 11.6 Å². The Labute approximate surface area is 97.1 Å². The van der Waals surface area contributed by atoms with E-state index >= 15 is 0 Å². The number of carboxylic acid groups (broad SMARTS) is 1. The predicted molar refractivity (Wildman–Crippen MR) is 54.7 cm³/mol. The molecule has 0 aromatic carbocycles. The van der Waals surface area contributed by atoms with Crippen LogP contribution in [0.2, 0.25) is 0 Å².